The van der Waals surface area contributed by atoms with E-state index in [4.69, 9.17) is 9.72 Å². The van der Waals surface area contributed by atoms with Gasteiger partial charge in [-0.15, -0.1) is 0 Å². The van der Waals surface area contributed by atoms with E-state index in [1.54, 1.807) is 7.11 Å². The molecule has 0 bridgehead atoms. The number of benzene rings is 2. The van der Waals surface area contributed by atoms with Gasteiger partial charge in [0.15, 0.2) is 11.5 Å². The fraction of sp³-hybridized carbons (Fsp3) is 0.400. The lowest BCUT2D eigenvalue weighted by Gasteiger charge is -2.32. The van der Waals surface area contributed by atoms with E-state index >= 15 is 0 Å². The summed E-state index contributed by atoms with van der Waals surface area (Å²) in [5.41, 5.74) is 2.17. The minimum absolute atomic E-state index is 0.0140. The maximum absolute atomic E-state index is 13.3. The number of rotatable bonds is 9. The van der Waals surface area contributed by atoms with E-state index in [1.165, 1.54) is 12.1 Å². The largest absolute Gasteiger partial charge is 0.496 e. The molecular formula is C30H32F3N5O3. The molecule has 0 amide bonds. The van der Waals surface area contributed by atoms with Gasteiger partial charge in [0.05, 0.1) is 18.2 Å². The van der Waals surface area contributed by atoms with E-state index in [9.17, 15) is 23.1 Å². The van der Waals surface area contributed by atoms with Crippen LogP contribution in [0.2, 0.25) is 0 Å². The highest BCUT2D eigenvalue weighted by atomic mass is 19.4. The zero-order valence-electron chi connectivity index (χ0n) is 23.3. The van der Waals surface area contributed by atoms with Gasteiger partial charge in [0.1, 0.15) is 17.1 Å². The molecule has 2 aromatic carbocycles. The number of fused-ring (bicyclic) bond motifs is 1. The number of methoxy groups -OCH3 is 1. The van der Waals surface area contributed by atoms with Crippen molar-refractivity contribution in [2.75, 3.05) is 12.4 Å². The van der Waals surface area contributed by atoms with E-state index in [-0.39, 0.29) is 24.2 Å². The molecule has 0 spiro atoms. The molecule has 1 fully saturated rings. The van der Waals surface area contributed by atoms with Crippen LogP contribution in [0.4, 0.5) is 19.0 Å². The summed E-state index contributed by atoms with van der Waals surface area (Å²) in [7, 11) is 1.55. The van der Waals surface area contributed by atoms with Crippen molar-refractivity contribution in [3.05, 3.63) is 65.0 Å². The second-order valence-corrected chi connectivity index (χ2v) is 10.8. The maximum atomic E-state index is 13.3. The summed E-state index contributed by atoms with van der Waals surface area (Å²) in [4.78, 5) is 25.4. The van der Waals surface area contributed by atoms with Crippen LogP contribution < -0.4 is 10.1 Å². The molecular weight excluding hydrogens is 535 g/mol. The standard InChI is InChI=1S/C30H32F3N5O3/c1-16(2)20-10-13-23(41-4)22(14-20)28-37-26-24(38(28)15-18-8-11-21(12-9-18)30(31,32)33)25(35-27(36-26)29(39)40)34-17(3)19-6-5-7-19/h8-14,16-17,19H,5-7,15H2,1-4H3,(H,39,40)(H,34,35,36). The third-order valence-corrected chi connectivity index (χ3v) is 7.77. The summed E-state index contributed by atoms with van der Waals surface area (Å²) in [6, 6.07) is 10.7. The highest BCUT2D eigenvalue weighted by Gasteiger charge is 2.31. The molecule has 41 heavy (non-hydrogen) atoms. The van der Waals surface area contributed by atoms with Crippen LogP contribution in [0.25, 0.3) is 22.6 Å². The van der Waals surface area contributed by atoms with Crippen LogP contribution in [0.1, 0.15) is 73.3 Å². The van der Waals surface area contributed by atoms with Crippen LogP contribution in [0.3, 0.4) is 0 Å². The van der Waals surface area contributed by atoms with Crippen LogP contribution in [-0.2, 0) is 12.7 Å². The molecule has 11 heteroatoms. The van der Waals surface area contributed by atoms with Crippen molar-refractivity contribution in [2.24, 2.45) is 5.92 Å². The van der Waals surface area contributed by atoms with Gasteiger partial charge < -0.3 is 19.7 Å². The number of hydrogen-bond acceptors (Lipinski definition) is 6. The highest BCUT2D eigenvalue weighted by Crippen LogP contribution is 2.38. The van der Waals surface area contributed by atoms with Crippen LogP contribution >= 0.6 is 0 Å². The van der Waals surface area contributed by atoms with Crippen molar-refractivity contribution in [2.45, 2.75) is 64.7 Å². The normalized spacial score (nSPS) is 14.7. The molecule has 2 heterocycles. The van der Waals surface area contributed by atoms with Crippen LogP contribution in [-0.4, -0.2) is 43.7 Å². The summed E-state index contributed by atoms with van der Waals surface area (Å²) >= 11 is 0. The zero-order valence-corrected chi connectivity index (χ0v) is 23.3. The summed E-state index contributed by atoms with van der Waals surface area (Å²) < 4.78 is 47.3. The monoisotopic (exact) mass is 567 g/mol. The first-order valence-electron chi connectivity index (χ1n) is 13.6. The molecule has 0 radical (unpaired) electrons. The quantitative estimate of drug-likeness (QED) is 0.225. The molecule has 5 rings (SSSR count). The lowest BCUT2D eigenvalue weighted by atomic mass is 9.80. The molecule has 1 aliphatic rings. The van der Waals surface area contributed by atoms with Gasteiger partial charge in [0, 0.05) is 12.6 Å². The molecule has 216 valence electrons. The van der Waals surface area contributed by atoms with Gasteiger partial charge in [-0.2, -0.15) is 13.2 Å². The van der Waals surface area contributed by atoms with E-state index in [0.717, 1.165) is 37.0 Å². The third kappa shape index (κ3) is 5.71. The number of anilines is 1. The first-order valence-corrected chi connectivity index (χ1v) is 13.6. The lowest BCUT2D eigenvalue weighted by molar-refractivity contribution is -0.137. The zero-order chi connectivity index (χ0) is 29.5. The minimum atomic E-state index is -4.45. The first-order chi connectivity index (χ1) is 19.5. The number of carboxylic acid groups (broad SMARTS) is 1. The number of nitrogens with one attached hydrogen (secondary N) is 1. The van der Waals surface area contributed by atoms with E-state index in [2.05, 4.69) is 29.1 Å². The molecule has 2 N–H and O–H groups in total. The van der Waals surface area contributed by atoms with Crippen molar-refractivity contribution < 1.29 is 27.8 Å². The number of nitrogens with zero attached hydrogens (tertiary/aromatic N) is 4. The number of carbonyl (C=O) groups is 1. The van der Waals surface area contributed by atoms with Crippen molar-refractivity contribution in [1.82, 2.24) is 19.5 Å². The summed E-state index contributed by atoms with van der Waals surface area (Å²) in [6.07, 6.45) is -1.20. The SMILES string of the molecule is COc1ccc(C(C)C)cc1-c1nc2nc(C(=O)O)nc(NC(C)C3CCC3)c2n1Cc1ccc(C(F)(F)F)cc1. The lowest BCUT2D eigenvalue weighted by Crippen LogP contribution is -2.31. The Hall–Kier alpha value is -4.15. The number of carboxylic acids is 1. The molecule has 1 aliphatic carbocycles. The number of aromatic carboxylic acids is 1. The topological polar surface area (TPSA) is 102 Å². The number of imidazole rings is 1. The van der Waals surface area contributed by atoms with Gasteiger partial charge in [0.25, 0.3) is 0 Å². The maximum Gasteiger partial charge on any atom is 0.416 e. The Morgan fingerprint density at radius 2 is 1.80 bits per heavy atom. The summed E-state index contributed by atoms with van der Waals surface area (Å²) in [5.74, 6) is 0.237. The molecule has 0 saturated heterocycles. The summed E-state index contributed by atoms with van der Waals surface area (Å²) in [5, 5.41) is 13.2. The molecule has 1 saturated carbocycles. The number of hydrogen-bond donors (Lipinski definition) is 2. The van der Waals surface area contributed by atoms with Gasteiger partial charge in [-0.05, 0) is 67.0 Å². The van der Waals surface area contributed by atoms with Crippen molar-refractivity contribution in [1.29, 1.82) is 0 Å². The van der Waals surface area contributed by atoms with Crippen LogP contribution in [0, 0.1) is 5.92 Å². The second-order valence-electron chi connectivity index (χ2n) is 10.8. The van der Waals surface area contributed by atoms with Crippen molar-refractivity contribution in [3.8, 4) is 17.1 Å². The highest BCUT2D eigenvalue weighted by molar-refractivity contribution is 5.92. The molecule has 1 atom stereocenters. The Kier molecular flexibility index (Phi) is 7.63. The van der Waals surface area contributed by atoms with Crippen LogP contribution in [0.5, 0.6) is 5.75 Å². The van der Waals surface area contributed by atoms with Gasteiger partial charge in [-0.1, -0.05) is 38.5 Å². The van der Waals surface area contributed by atoms with Gasteiger partial charge in [0.2, 0.25) is 5.82 Å². The average Bonchev–Trinajstić information content (AvgIpc) is 3.25. The Morgan fingerprint density at radius 3 is 2.37 bits per heavy atom. The average molecular weight is 568 g/mol. The number of ether oxygens (including phenoxy) is 1. The predicted octanol–water partition coefficient (Wildman–Crippen LogP) is 6.99. The van der Waals surface area contributed by atoms with Gasteiger partial charge in [-0.3, -0.25) is 0 Å². The van der Waals surface area contributed by atoms with E-state index in [1.807, 2.05) is 29.7 Å². The Bertz CT molecular complexity index is 1580. The Balaban J connectivity index is 1.74. The minimum Gasteiger partial charge on any atom is -0.496 e. The molecule has 0 aliphatic heterocycles. The van der Waals surface area contributed by atoms with Crippen LogP contribution in [0.15, 0.2) is 42.5 Å². The third-order valence-electron chi connectivity index (χ3n) is 7.77. The molecule has 8 nitrogen and oxygen atoms in total. The fourth-order valence-electron chi connectivity index (χ4n) is 5.11. The fourth-order valence-corrected chi connectivity index (χ4v) is 5.11. The molecule has 4 aromatic rings. The molecule has 2 aromatic heterocycles. The first kappa shape index (κ1) is 28.4. The summed E-state index contributed by atoms with van der Waals surface area (Å²) in [6.45, 7) is 6.29. The van der Waals surface area contributed by atoms with E-state index in [0.29, 0.717) is 40.0 Å². The smallest absolute Gasteiger partial charge is 0.416 e. The Morgan fingerprint density at radius 1 is 1.10 bits per heavy atom. The predicted molar refractivity (Wildman–Crippen MR) is 149 cm³/mol. The molecule has 1 unspecified atom stereocenters. The van der Waals surface area contributed by atoms with Crippen molar-refractivity contribution in [3.63, 3.8) is 0 Å². The van der Waals surface area contributed by atoms with Crippen molar-refractivity contribution >= 4 is 23.0 Å². The Labute approximate surface area is 235 Å². The number of halogens is 3. The number of aromatic nitrogens is 4. The van der Waals surface area contributed by atoms with Gasteiger partial charge in [-0.25, -0.2) is 19.7 Å². The number of alkyl halides is 3. The van der Waals surface area contributed by atoms with E-state index < -0.39 is 23.5 Å². The van der Waals surface area contributed by atoms with Gasteiger partial charge >= 0.3 is 12.1 Å². The second kappa shape index (κ2) is 11.0.